The third-order valence-corrected chi connectivity index (χ3v) is 3.69. The van der Waals surface area contributed by atoms with Gasteiger partial charge in [-0.05, 0) is 38.0 Å². The highest BCUT2D eigenvalue weighted by Crippen LogP contribution is 2.21. The third-order valence-electron chi connectivity index (χ3n) is 3.69. The minimum Gasteiger partial charge on any atom is -0.339 e. The standard InChI is InChI=1S/C17H21NO/c1-4-14(3)18-16(9-10-17(18)12-19)11-15-7-5-13(2)6-8-15/h5-10,12,14H,4,11H2,1-3H3/t14-/m1/s1. The molecule has 1 atom stereocenters. The predicted octanol–water partition coefficient (Wildman–Crippen LogP) is 4.17. The second kappa shape index (κ2) is 5.87. The van der Waals surface area contributed by atoms with Crippen LogP contribution < -0.4 is 0 Å². The first-order chi connectivity index (χ1) is 9.15. The number of aromatic nitrogens is 1. The Bertz CT molecular complexity index is 551. The molecule has 100 valence electrons. The summed E-state index contributed by atoms with van der Waals surface area (Å²) in [6, 6.07) is 12.9. The molecule has 2 nitrogen and oxygen atoms in total. The van der Waals surface area contributed by atoms with Gasteiger partial charge < -0.3 is 4.57 Å². The number of nitrogens with zero attached hydrogens (tertiary/aromatic N) is 1. The van der Waals surface area contributed by atoms with Crippen LogP contribution in [0.15, 0.2) is 36.4 Å². The summed E-state index contributed by atoms with van der Waals surface area (Å²) >= 11 is 0. The average molecular weight is 255 g/mol. The van der Waals surface area contributed by atoms with Gasteiger partial charge in [0.05, 0.1) is 5.69 Å². The molecule has 2 heteroatoms. The lowest BCUT2D eigenvalue weighted by Crippen LogP contribution is -2.11. The number of rotatable bonds is 5. The van der Waals surface area contributed by atoms with Crippen LogP contribution in [0.1, 0.15) is 53.6 Å². The predicted molar refractivity (Wildman–Crippen MR) is 78.8 cm³/mol. The number of aryl methyl sites for hydroxylation is 1. The average Bonchev–Trinajstić information content (AvgIpc) is 2.83. The van der Waals surface area contributed by atoms with E-state index in [1.807, 2.05) is 6.07 Å². The van der Waals surface area contributed by atoms with Crippen LogP contribution in [-0.4, -0.2) is 10.9 Å². The number of aldehydes is 1. The molecule has 0 aliphatic carbocycles. The fraction of sp³-hybridized carbons (Fsp3) is 0.353. The largest absolute Gasteiger partial charge is 0.339 e. The quantitative estimate of drug-likeness (QED) is 0.735. The normalized spacial score (nSPS) is 12.4. The van der Waals surface area contributed by atoms with Crippen LogP contribution in [0.3, 0.4) is 0 Å². The van der Waals surface area contributed by atoms with Crippen molar-refractivity contribution >= 4 is 6.29 Å². The third kappa shape index (κ3) is 2.95. The summed E-state index contributed by atoms with van der Waals surface area (Å²) in [5.41, 5.74) is 4.54. The molecule has 0 N–H and O–H groups in total. The molecule has 0 bridgehead atoms. The van der Waals surface area contributed by atoms with Gasteiger partial charge in [0.15, 0.2) is 6.29 Å². The Morgan fingerprint density at radius 1 is 1.16 bits per heavy atom. The van der Waals surface area contributed by atoms with Crippen LogP contribution in [0, 0.1) is 6.92 Å². The maximum absolute atomic E-state index is 11.1. The maximum Gasteiger partial charge on any atom is 0.166 e. The zero-order valence-electron chi connectivity index (χ0n) is 11.9. The van der Waals surface area contributed by atoms with Gasteiger partial charge in [-0.25, -0.2) is 0 Å². The van der Waals surface area contributed by atoms with Gasteiger partial charge in [0.2, 0.25) is 0 Å². The summed E-state index contributed by atoms with van der Waals surface area (Å²) in [5, 5.41) is 0. The second-order valence-electron chi connectivity index (χ2n) is 5.16. The molecule has 0 unspecified atom stereocenters. The molecule has 0 amide bonds. The highest BCUT2D eigenvalue weighted by atomic mass is 16.1. The van der Waals surface area contributed by atoms with Crippen molar-refractivity contribution in [1.29, 1.82) is 0 Å². The molecule has 1 aromatic heterocycles. The van der Waals surface area contributed by atoms with E-state index in [-0.39, 0.29) is 0 Å². The minimum atomic E-state index is 0.357. The molecular weight excluding hydrogens is 234 g/mol. The van der Waals surface area contributed by atoms with Crippen LogP contribution in [0.25, 0.3) is 0 Å². The summed E-state index contributed by atoms with van der Waals surface area (Å²) in [5.74, 6) is 0. The van der Waals surface area contributed by atoms with Crippen molar-refractivity contribution in [3.63, 3.8) is 0 Å². The zero-order valence-corrected chi connectivity index (χ0v) is 11.9. The van der Waals surface area contributed by atoms with Gasteiger partial charge in [-0.2, -0.15) is 0 Å². The van der Waals surface area contributed by atoms with E-state index in [0.29, 0.717) is 6.04 Å². The van der Waals surface area contributed by atoms with Crippen molar-refractivity contribution < 1.29 is 4.79 Å². The molecule has 1 aromatic carbocycles. The smallest absolute Gasteiger partial charge is 0.166 e. The van der Waals surface area contributed by atoms with Gasteiger partial charge in [-0.1, -0.05) is 36.8 Å². The first kappa shape index (κ1) is 13.6. The molecule has 0 fully saturated rings. The van der Waals surface area contributed by atoms with Gasteiger partial charge in [0, 0.05) is 18.2 Å². The Kier molecular flexibility index (Phi) is 4.20. The monoisotopic (exact) mass is 255 g/mol. The van der Waals surface area contributed by atoms with E-state index < -0.39 is 0 Å². The van der Waals surface area contributed by atoms with E-state index in [9.17, 15) is 4.79 Å². The first-order valence-electron chi connectivity index (χ1n) is 6.86. The number of carbonyl (C=O) groups excluding carboxylic acids is 1. The van der Waals surface area contributed by atoms with Crippen molar-refractivity contribution in [2.45, 2.75) is 39.7 Å². The van der Waals surface area contributed by atoms with Crippen molar-refractivity contribution in [2.24, 2.45) is 0 Å². The lowest BCUT2D eigenvalue weighted by atomic mass is 10.1. The number of hydrogen-bond acceptors (Lipinski definition) is 1. The van der Waals surface area contributed by atoms with E-state index in [0.717, 1.165) is 24.8 Å². The van der Waals surface area contributed by atoms with Crippen molar-refractivity contribution in [2.75, 3.05) is 0 Å². The minimum absolute atomic E-state index is 0.357. The molecule has 0 radical (unpaired) electrons. The topological polar surface area (TPSA) is 22.0 Å². The Labute approximate surface area is 115 Å². The van der Waals surface area contributed by atoms with E-state index in [1.165, 1.54) is 16.8 Å². The molecular formula is C17H21NO. The molecule has 19 heavy (non-hydrogen) atoms. The fourth-order valence-corrected chi connectivity index (χ4v) is 2.38. The van der Waals surface area contributed by atoms with Crippen LogP contribution in [-0.2, 0) is 6.42 Å². The number of benzene rings is 1. The Hall–Kier alpha value is -1.83. The lowest BCUT2D eigenvalue weighted by Gasteiger charge is -2.17. The van der Waals surface area contributed by atoms with Gasteiger partial charge in [-0.15, -0.1) is 0 Å². The summed E-state index contributed by atoms with van der Waals surface area (Å²) in [6.45, 7) is 6.40. The Balaban J connectivity index is 2.32. The highest BCUT2D eigenvalue weighted by molar-refractivity contribution is 5.73. The molecule has 0 saturated carbocycles. The number of carbonyl (C=O) groups is 1. The van der Waals surface area contributed by atoms with Crippen molar-refractivity contribution in [3.05, 3.63) is 58.9 Å². The SMILES string of the molecule is CC[C@@H](C)n1c(C=O)ccc1Cc1ccc(C)cc1. The van der Waals surface area contributed by atoms with Crippen LogP contribution in [0.2, 0.25) is 0 Å². The molecule has 2 aromatic rings. The summed E-state index contributed by atoms with van der Waals surface area (Å²) < 4.78 is 2.16. The van der Waals surface area contributed by atoms with Crippen LogP contribution in [0.4, 0.5) is 0 Å². The zero-order chi connectivity index (χ0) is 13.8. The molecule has 0 aliphatic heterocycles. The first-order valence-corrected chi connectivity index (χ1v) is 6.86. The van der Waals surface area contributed by atoms with Crippen molar-refractivity contribution in [3.8, 4) is 0 Å². The van der Waals surface area contributed by atoms with E-state index >= 15 is 0 Å². The summed E-state index contributed by atoms with van der Waals surface area (Å²) in [4.78, 5) is 11.1. The van der Waals surface area contributed by atoms with Crippen LogP contribution >= 0.6 is 0 Å². The Morgan fingerprint density at radius 3 is 2.42 bits per heavy atom. The maximum atomic E-state index is 11.1. The Morgan fingerprint density at radius 2 is 1.84 bits per heavy atom. The van der Waals surface area contributed by atoms with E-state index in [2.05, 4.69) is 55.7 Å². The molecule has 0 saturated heterocycles. The van der Waals surface area contributed by atoms with Gasteiger partial charge in [-0.3, -0.25) is 4.79 Å². The molecule has 0 aliphatic rings. The molecule has 2 rings (SSSR count). The number of hydrogen-bond donors (Lipinski definition) is 0. The summed E-state index contributed by atoms with van der Waals surface area (Å²) in [7, 11) is 0. The van der Waals surface area contributed by atoms with E-state index in [4.69, 9.17) is 0 Å². The fourth-order valence-electron chi connectivity index (χ4n) is 2.38. The van der Waals surface area contributed by atoms with Crippen LogP contribution in [0.5, 0.6) is 0 Å². The van der Waals surface area contributed by atoms with Crippen molar-refractivity contribution in [1.82, 2.24) is 4.57 Å². The second-order valence-corrected chi connectivity index (χ2v) is 5.16. The summed E-state index contributed by atoms with van der Waals surface area (Å²) in [6.07, 6.45) is 2.85. The van der Waals surface area contributed by atoms with E-state index in [1.54, 1.807) is 0 Å². The molecule has 0 spiro atoms. The van der Waals surface area contributed by atoms with Gasteiger partial charge >= 0.3 is 0 Å². The highest BCUT2D eigenvalue weighted by Gasteiger charge is 2.12. The lowest BCUT2D eigenvalue weighted by molar-refractivity contribution is 0.111. The van der Waals surface area contributed by atoms with Gasteiger partial charge in [0.1, 0.15) is 0 Å². The van der Waals surface area contributed by atoms with Gasteiger partial charge in [0.25, 0.3) is 0 Å². The molecule has 1 heterocycles.